The van der Waals surface area contributed by atoms with Crippen LogP contribution < -0.4 is 10.2 Å². The summed E-state index contributed by atoms with van der Waals surface area (Å²) in [7, 11) is 0. The lowest BCUT2D eigenvalue weighted by molar-refractivity contribution is 0.102. The molecule has 0 radical (unpaired) electrons. The summed E-state index contributed by atoms with van der Waals surface area (Å²) in [5.41, 5.74) is 5.11. The molecule has 1 N–H and O–H groups in total. The molecule has 2 aromatic heterocycles. The van der Waals surface area contributed by atoms with E-state index >= 15 is 0 Å². The molecule has 0 bridgehead atoms. The third-order valence-electron chi connectivity index (χ3n) is 5.70. The van der Waals surface area contributed by atoms with Crippen molar-refractivity contribution in [1.82, 2.24) is 14.3 Å². The van der Waals surface area contributed by atoms with Gasteiger partial charge in [-0.2, -0.15) is 5.10 Å². The minimum Gasteiger partial charge on any atom is -0.372 e. The van der Waals surface area contributed by atoms with E-state index < -0.39 is 0 Å². The fourth-order valence-electron chi connectivity index (χ4n) is 4.00. The molecule has 0 aliphatic carbocycles. The van der Waals surface area contributed by atoms with Crippen molar-refractivity contribution in [1.29, 1.82) is 0 Å². The summed E-state index contributed by atoms with van der Waals surface area (Å²) in [5.74, 6) is 0.542. The second-order valence-electron chi connectivity index (χ2n) is 7.75. The first-order chi connectivity index (χ1) is 15.5. The predicted octanol–water partition coefficient (Wildman–Crippen LogP) is 5.38. The van der Waals surface area contributed by atoms with E-state index in [2.05, 4.69) is 36.2 Å². The zero-order valence-electron chi connectivity index (χ0n) is 19.0. The van der Waals surface area contributed by atoms with Gasteiger partial charge in [-0.3, -0.25) is 4.79 Å². The monoisotopic (exact) mass is 427 g/mol. The molecular weight excluding hydrogens is 398 g/mol. The summed E-state index contributed by atoms with van der Waals surface area (Å²) in [6.45, 7) is 10.1. The van der Waals surface area contributed by atoms with Gasteiger partial charge in [0.1, 0.15) is 5.56 Å². The van der Waals surface area contributed by atoms with Crippen molar-refractivity contribution in [2.24, 2.45) is 0 Å². The molecule has 0 saturated heterocycles. The van der Waals surface area contributed by atoms with Gasteiger partial charge in [0.05, 0.1) is 11.4 Å². The topological polar surface area (TPSA) is 55.1 Å². The van der Waals surface area contributed by atoms with Crippen LogP contribution >= 0.6 is 0 Å². The normalized spacial score (nSPS) is 10.9. The van der Waals surface area contributed by atoms with Crippen LogP contribution in [-0.4, -0.2) is 33.3 Å². The second kappa shape index (κ2) is 9.14. The summed E-state index contributed by atoms with van der Waals surface area (Å²) in [6.07, 6.45) is 3.85. The van der Waals surface area contributed by atoms with Crippen molar-refractivity contribution in [3.8, 4) is 11.5 Å². The first-order valence-corrected chi connectivity index (χ1v) is 11.0. The van der Waals surface area contributed by atoms with E-state index in [1.54, 1.807) is 0 Å². The Morgan fingerprint density at radius 2 is 1.66 bits per heavy atom. The largest absolute Gasteiger partial charge is 0.372 e. The van der Waals surface area contributed by atoms with Gasteiger partial charge < -0.3 is 14.8 Å². The van der Waals surface area contributed by atoms with Crippen molar-refractivity contribution >= 4 is 17.3 Å². The van der Waals surface area contributed by atoms with E-state index in [1.165, 1.54) is 0 Å². The number of hydrogen-bond donors (Lipinski definition) is 1. The Hall–Kier alpha value is -3.80. The van der Waals surface area contributed by atoms with E-state index in [4.69, 9.17) is 5.10 Å². The minimum atomic E-state index is -0.174. The highest BCUT2D eigenvalue weighted by Crippen LogP contribution is 2.27. The summed E-state index contributed by atoms with van der Waals surface area (Å²) in [5, 5.41) is 7.82. The Bertz CT molecular complexity index is 1200. The number of hydrogen-bond acceptors (Lipinski definition) is 3. The molecule has 0 aliphatic heterocycles. The van der Waals surface area contributed by atoms with Gasteiger partial charge in [0.25, 0.3) is 5.91 Å². The van der Waals surface area contributed by atoms with Gasteiger partial charge in [0, 0.05) is 36.9 Å². The Balaban J connectivity index is 1.73. The third kappa shape index (κ3) is 4.04. The summed E-state index contributed by atoms with van der Waals surface area (Å²) in [6, 6.07) is 19.9. The molecule has 6 nitrogen and oxygen atoms in total. The van der Waals surface area contributed by atoms with Gasteiger partial charge in [-0.15, -0.1) is 0 Å². The molecule has 2 heterocycles. The number of nitrogens with one attached hydrogen (secondary N) is 1. The molecule has 32 heavy (non-hydrogen) atoms. The highest BCUT2D eigenvalue weighted by molar-refractivity contribution is 6.07. The Morgan fingerprint density at radius 3 is 2.28 bits per heavy atom. The zero-order valence-corrected chi connectivity index (χ0v) is 19.0. The highest BCUT2D eigenvalue weighted by Gasteiger charge is 2.24. The maximum atomic E-state index is 13.5. The van der Waals surface area contributed by atoms with Crippen LogP contribution in [0.3, 0.4) is 0 Å². The number of rotatable bonds is 7. The SMILES string of the molecule is CCN(CC)c1ccc(NC(=O)c2c(C)nn(-c3ccccc3)c2-n2cccc2)c(C)c1. The van der Waals surface area contributed by atoms with Crippen LogP contribution in [0.4, 0.5) is 11.4 Å². The fourth-order valence-corrected chi connectivity index (χ4v) is 4.00. The Morgan fingerprint density at radius 1 is 0.969 bits per heavy atom. The second-order valence-corrected chi connectivity index (χ2v) is 7.75. The molecule has 0 fully saturated rings. The van der Waals surface area contributed by atoms with Crippen LogP contribution in [0.15, 0.2) is 73.1 Å². The summed E-state index contributed by atoms with van der Waals surface area (Å²) < 4.78 is 3.75. The molecule has 4 rings (SSSR count). The average molecular weight is 428 g/mol. The Kier molecular flexibility index (Phi) is 6.12. The van der Waals surface area contributed by atoms with Crippen molar-refractivity contribution in [3.05, 3.63) is 89.9 Å². The van der Waals surface area contributed by atoms with Crippen LogP contribution in [0.5, 0.6) is 0 Å². The van der Waals surface area contributed by atoms with Crippen molar-refractivity contribution in [3.63, 3.8) is 0 Å². The average Bonchev–Trinajstić information content (AvgIpc) is 3.44. The molecule has 1 amide bonds. The van der Waals surface area contributed by atoms with Crippen molar-refractivity contribution < 1.29 is 4.79 Å². The molecule has 0 saturated carbocycles. The molecule has 0 aliphatic rings. The summed E-state index contributed by atoms with van der Waals surface area (Å²) in [4.78, 5) is 15.8. The van der Waals surface area contributed by atoms with E-state index in [1.807, 2.05) is 84.0 Å². The number of aromatic nitrogens is 3. The van der Waals surface area contributed by atoms with E-state index in [0.717, 1.165) is 35.7 Å². The van der Waals surface area contributed by atoms with Crippen LogP contribution in [-0.2, 0) is 0 Å². The van der Waals surface area contributed by atoms with Gasteiger partial charge in [-0.1, -0.05) is 18.2 Å². The molecule has 0 atom stereocenters. The fraction of sp³-hybridized carbons (Fsp3) is 0.231. The van der Waals surface area contributed by atoms with Crippen LogP contribution in [0.25, 0.3) is 11.5 Å². The lowest BCUT2D eigenvalue weighted by Gasteiger charge is -2.22. The number of carbonyl (C=O) groups is 1. The molecule has 4 aromatic rings. The number of aryl methyl sites for hydroxylation is 2. The molecule has 0 unspecified atom stereocenters. The standard InChI is InChI=1S/C26H29N5O/c1-5-29(6-2)22-14-15-23(19(3)18-22)27-25(32)24-20(4)28-31(21-12-8-7-9-13-21)26(24)30-16-10-11-17-30/h7-18H,5-6H2,1-4H3,(H,27,32). The molecule has 0 spiro atoms. The highest BCUT2D eigenvalue weighted by atomic mass is 16.1. The van der Waals surface area contributed by atoms with Crippen LogP contribution in [0.1, 0.15) is 35.5 Å². The zero-order chi connectivity index (χ0) is 22.7. The first-order valence-electron chi connectivity index (χ1n) is 11.0. The van der Waals surface area contributed by atoms with Crippen molar-refractivity contribution in [2.75, 3.05) is 23.3 Å². The van der Waals surface area contributed by atoms with Gasteiger partial charge in [-0.05, 0) is 75.7 Å². The van der Waals surface area contributed by atoms with Crippen LogP contribution in [0, 0.1) is 13.8 Å². The van der Waals surface area contributed by atoms with Gasteiger partial charge >= 0.3 is 0 Å². The van der Waals surface area contributed by atoms with E-state index in [0.29, 0.717) is 17.1 Å². The number of para-hydroxylation sites is 1. The van der Waals surface area contributed by atoms with Crippen molar-refractivity contribution in [2.45, 2.75) is 27.7 Å². The lowest BCUT2D eigenvalue weighted by atomic mass is 10.1. The van der Waals surface area contributed by atoms with Gasteiger partial charge in [0.2, 0.25) is 0 Å². The maximum absolute atomic E-state index is 13.5. The minimum absolute atomic E-state index is 0.174. The lowest BCUT2D eigenvalue weighted by Crippen LogP contribution is -2.22. The van der Waals surface area contributed by atoms with Gasteiger partial charge in [0.15, 0.2) is 5.82 Å². The molecule has 6 heteroatoms. The van der Waals surface area contributed by atoms with E-state index in [-0.39, 0.29) is 5.91 Å². The number of nitrogens with zero attached hydrogens (tertiary/aromatic N) is 4. The van der Waals surface area contributed by atoms with E-state index in [9.17, 15) is 4.79 Å². The maximum Gasteiger partial charge on any atom is 0.261 e. The molecule has 164 valence electrons. The molecule has 2 aromatic carbocycles. The Labute approximate surface area is 189 Å². The van der Waals surface area contributed by atoms with Crippen LogP contribution in [0.2, 0.25) is 0 Å². The molecular formula is C26H29N5O. The number of anilines is 2. The van der Waals surface area contributed by atoms with Gasteiger partial charge in [-0.25, -0.2) is 4.68 Å². The predicted molar refractivity (Wildman–Crippen MR) is 130 cm³/mol. The number of amides is 1. The quantitative estimate of drug-likeness (QED) is 0.431. The smallest absolute Gasteiger partial charge is 0.261 e. The third-order valence-corrected chi connectivity index (χ3v) is 5.70. The number of benzene rings is 2. The summed E-state index contributed by atoms with van der Waals surface area (Å²) >= 11 is 0. The first kappa shape index (κ1) is 21.4. The number of carbonyl (C=O) groups excluding carboxylic acids is 1.